The summed E-state index contributed by atoms with van der Waals surface area (Å²) < 4.78 is 0. The number of hydrogen-bond acceptors (Lipinski definition) is 11. The molecule has 8 atom stereocenters. The van der Waals surface area contributed by atoms with Crippen molar-refractivity contribution in [2.24, 2.45) is 29.4 Å². The van der Waals surface area contributed by atoms with Gasteiger partial charge in [-0.25, -0.2) is 0 Å². The monoisotopic (exact) mass is 603 g/mol. The van der Waals surface area contributed by atoms with Crippen molar-refractivity contribution in [1.29, 1.82) is 0 Å². The second kappa shape index (κ2) is 9.71. The number of carbonyl (C=O) groups is 7. The Morgan fingerprint density at radius 2 is 1.57 bits per heavy atom. The number of phenols is 1. The van der Waals surface area contributed by atoms with Crippen molar-refractivity contribution >= 4 is 40.9 Å². The number of carbonyl (C=O) groups excluding carboxylic acids is 7. The van der Waals surface area contributed by atoms with Crippen LogP contribution in [-0.2, 0) is 25.7 Å². The highest BCUT2D eigenvalue weighted by molar-refractivity contribution is 6.32. The normalized spacial score (nSPS) is 32.9. The predicted molar refractivity (Wildman–Crippen MR) is 148 cm³/mol. The molecule has 228 valence electrons. The average Bonchev–Trinajstić information content (AvgIpc) is 3.20. The topological polar surface area (TPSA) is 213 Å². The van der Waals surface area contributed by atoms with Crippen LogP contribution < -0.4 is 5.73 Å². The summed E-state index contributed by atoms with van der Waals surface area (Å²) in [5.74, 6) is -15.7. The van der Waals surface area contributed by atoms with Gasteiger partial charge in [-0.05, 0) is 37.7 Å². The van der Waals surface area contributed by atoms with Crippen molar-refractivity contribution in [3.8, 4) is 5.75 Å². The summed E-state index contributed by atoms with van der Waals surface area (Å²) >= 11 is 0. The lowest BCUT2D eigenvalue weighted by atomic mass is 9.49. The van der Waals surface area contributed by atoms with Gasteiger partial charge in [-0.1, -0.05) is 31.2 Å². The molecule has 1 heterocycles. The van der Waals surface area contributed by atoms with Crippen LogP contribution in [0.5, 0.6) is 5.75 Å². The van der Waals surface area contributed by atoms with E-state index in [1.165, 1.54) is 43.3 Å². The predicted octanol–water partition coefficient (Wildman–Crippen LogP) is -0.805. The first-order valence-corrected chi connectivity index (χ1v) is 14.0. The van der Waals surface area contributed by atoms with Crippen molar-refractivity contribution in [3.63, 3.8) is 0 Å². The van der Waals surface area contributed by atoms with Crippen LogP contribution >= 0.6 is 0 Å². The fraction of sp³-hybridized carbons (Fsp3) is 0.387. The van der Waals surface area contributed by atoms with Gasteiger partial charge in [0.25, 0.3) is 11.8 Å². The number of primary amides is 1. The van der Waals surface area contributed by atoms with E-state index in [0.29, 0.717) is 0 Å². The maximum Gasteiger partial charge on any atom is 0.261 e. The van der Waals surface area contributed by atoms with Crippen LogP contribution in [0.25, 0.3) is 0 Å². The van der Waals surface area contributed by atoms with E-state index in [2.05, 4.69) is 0 Å². The molecule has 44 heavy (non-hydrogen) atoms. The molecule has 2 saturated carbocycles. The molecule has 0 radical (unpaired) electrons. The molecular formula is C31H29N3O10. The lowest BCUT2D eigenvalue weighted by Crippen LogP contribution is -2.77. The second-order valence-electron chi connectivity index (χ2n) is 12.1. The Balaban J connectivity index is 1.44. The van der Waals surface area contributed by atoms with Gasteiger partial charge < -0.3 is 21.1 Å². The minimum atomic E-state index is -3.11. The van der Waals surface area contributed by atoms with E-state index in [1.807, 2.05) is 0 Å². The van der Waals surface area contributed by atoms with Gasteiger partial charge in [0.2, 0.25) is 5.91 Å². The second-order valence-corrected chi connectivity index (χ2v) is 12.1. The van der Waals surface area contributed by atoms with Gasteiger partial charge in [0.15, 0.2) is 34.7 Å². The lowest BCUT2D eigenvalue weighted by Gasteiger charge is -2.56. The molecule has 0 bridgehead atoms. The zero-order valence-corrected chi connectivity index (χ0v) is 23.9. The van der Waals surface area contributed by atoms with E-state index in [4.69, 9.17) is 5.73 Å². The number of aromatic hydroxyl groups is 1. The Morgan fingerprint density at radius 3 is 2.11 bits per heavy atom. The van der Waals surface area contributed by atoms with E-state index in [1.54, 1.807) is 19.1 Å². The van der Waals surface area contributed by atoms with E-state index in [9.17, 15) is 48.9 Å². The molecule has 13 nitrogen and oxygen atoms in total. The molecule has 1 aliphatic heterocycles. The van der Waals surface area contributed by atoms with Crippen molar-refractivity contribution in [2.45, 2.75) is 37.1 Å². The third-order valence-corrected chi connectivity index (χ3v) is 9.78. The summed E-state index contributed by atoms with van der Waals surface area (Å²) in [6.07, 6.45) is -1.75. The number of nitrogens with zero attached hydrogens (tertiary/aromatic N) is 2. The van der Waals surface area contributed by atoms with Crippen LogP contribution in [0.15, 0.2) is 36.4 Å². The van der Waals surface area contributed by atoms with Crippen LogP contribution in [0.2, 0.25) is 0 Å². The Labute approximate surface area is 250 Å². The van der Waals surface area contributed by atoms with Crippen molar-refractivity contribution < 1.29 is 48.9 Å². The summed E-state index contributed by atoms with van der Waals surface area (Å²) in [7, 11) is 2.83. The number of aliphatic hydroxyl groups is 2. The molecule has 3 amide bonds. The van der Waals surface area contributed by atoms with E-state index >= 15 is 0 Å². The number of phenolic OH excluding ortho intramolecular Hbond substituents is 1. The van der Waals surface area contributed by atoms with Crippen molar-refractivity contribution in [1.82, 2.24) is 9.80 Å². The third kappa shape index (κ3) is 3.60. The van der Waals surface area contributed by atoms with Crippen LogP contribution in [0.1, 0.15) is 55.0 Å². The number of hydrogen-bond donors (Lipinski definition) is 4. The van der Waals surface area contributed by atoms with Gasteiger partial charge in [0.05, 0.1) is 47.2 Å². The highest BCUT2D eigenvalue weighted by Crippen LogP contribution is 2.54. The summed E-state index contributed by atoms with van der Waals surface area (Å²) in [6.45, 7) is 1.20. The third-order valence-electron chi connectivity index (χ3n) is 9.78. The number of amides is 3. The molecule has 8 unspecified atom stereocenters. The number of imide groups is 1. The first kappa shape index (κ1) is 29.5. The summed E-state index contributed by atoms with van der Waals surface area (Å²) in [4.78, 5) is 95.1. The van der Waals surface area contributed by atoms with Gasteiger partial charge >= 0.3 is 0 Å². The minimum Gasteiger partial charge on any atom is -0.507 e. The Bertz CT molecular complexity index is 1700. The number of aliphatic hydroxyl groups excluding tert-OH is 1. The van der Waals surface area contributed by atoms with Crippen LogP contribution in [0.3, 0.4) is 0 Å². The zero-order chi connectivity index (χ0) is 32.2. The van der Waals surface area contributed by atoms with Crippen LogP contribution in [0.4, 0.5) is 0 Å². The highest BCUT2D eigenvalue weighted by atomic mass is 16.3. The SMILES string of the molecule is CC1c2ccc(CN3C(=O)c4ccccc4C3=O)c(O)c2C(=O)C2C(=O)C3(O)C(=O)C(C(N)=O)C(=O)C(N(C)C)C3C(O)C21. The molecule has 2 aromatic rings. The summed E-state index contributed by atoms with van der Waals surface area (Å²) in [5, 5.41) is 34.8. The van der Waals surface area contributed by atoms with Crippen LogP contribution in [0, 0.1) is 23.7 Å². The molecule has 5 N–H and O–H groups in total. The number of fused-ring (bicyclic) bond motifs is 4. The maximum atomic E-state index is 14.1. The van der Waals surface area contributed by atoms with Gasteiger partial charge in [-0.2, -0.15) is 0 Å². The molecule has 0 spiro atoms. The fourth-order valence-corrected chi connectivity index (χ4v) is 7.71. The fourth-order valence-electron chi connectivity index (χ4n) is 7.71. The Kier molecular flexibility index (Phi) is 6.50. The van der Waals surface area contributed by atoms with Gasteiger partial charge in [-0.3, -0.25) is 43.4 Å². The molecule has 2 aromatic carbocycles. The largest absolute Gasteiger partial charge is 0.507 e. The Hall–Kier alpha value is -4.59. The standard InChI is InChI=1S/C31H29N3O10/c1-11-13-9-8-12(10-34-29(42)14-6-4-5-7-15(14)30(34)43)22(35)17(13)23(36)18-16(11)24(37)20-21(33(2)3)25(38)19(28(32)41)27(40)31(20,44)26(18)39/h4-9,11,16,18-21,24,35,37,44H,10H2,1-3H3,(H2,32,41). The molecule has 2 fully saturated rings. The van der Waals surface area contributed by atoms with Gasteiger partial charge in [-0.15, -0.1) is 0 Å². The molecule has 13 heteroatoms. The van der Waals surface area contributed by atoms with Crippen molar-refractivity contribution in [2.75, 3.05) is 14.1 Å². The summed E-state index contributed by atoms with van der Waals surface area (Å²) in [5.41, 5.74) is 2.56. The first-order valence-electron chi connectivity index (χ1n) is 14.0. The molecule has 0 saturated heterocycles. The Morgan fingerprint density at radius 1 is 0.977 bits per heavy atom. The zero-order valence-electron chi connectivity index (χ0n) is 23.9. The van der Waals surface area contributed by atoms with Crippen molar-refractivity contribution in [3.05, 3.63) is 64.2 Å². The lowest BCUT2D eigenvalue weighted by molar-refractivity contribution is -0.196. The number of likely N-dealkylation sites (N-methyl/N-ethyl adjacent to an activating group) is 1. The number of benzene rings is 2. The van der Waals surface area contributed by atoms with E-state index < -0.39 is 100 Å². The number of rotatable bonds is 4. The smallest absolute Gasteiger partial charge is 0.261 e. The number of Topliss-reactive ketones (excluding diaryl/α,β-unsaturated/α-hetero) is 4. The highest BCUT2D eigenvalue weighted by Gasteiger charge is 2.72. The maximum absolute atomic E-state index is 14.1. The molecular weight excluding hydrogens is 574 g/mol. The number of nitrogens with two attached hydrogens (primary N) is 1. The van der Waals surface area contributed by atoms with Gasteiger partial charge in [0, 0.05) is 11.5 Å². The van der Waals surface area contributed by atoms with E-state index in [-0.39, 0.29) is 27.8 Å². The molecule has 3 aliphatic carbocycles. The first-order chi connectivity index (χ1) is 20.7. The quantitative estimate of drug-likeness (QED) is 0.251. The molecule has 4 aliphatic rings. The van der Waals surface area contributed by atoms with Gasteiger partial charge in [0.1, 0.15) is 5.75 Å². The minimum absolute atomic E-state index is 0.0263. The average molecular weight is 604 g/mol. The number of ketones is 4. The van der Waals surface area contributed by atoms with E-state index in [0.717, 1.165) is 4.90 Å². The molecule has 6 rings (SSSR count). The molecule has 0 aromatic heterocycles. The summed E-state index contributed by atoms with van der Waals surface area (Å²) in [6, 6.07) is 7.66. The van der Waals surface area contributed by atoms with Crippen LogP contribution in [-0.4, -0.2) is 97.8 Å².